The van der Waals surface area contributed by atoms with Gasteiger partial charge in [0.25, 0.3) is 0 Å². The maximum absolute atomic E-state index is 12.1. The van der Waals surface area contributed by atoms with Gasteiger partial charge in [0.15, 0.2) is 0 Å². The first-order valence-electron chi connectivity index (χ1n) is 7.19. The normalized spacial score (nSPS) is 13.3. The fourth-order valence-corrected chi connectivity index (χ4v) is 2.39. The largest absolute Gasteiger partial charge is 0.497 e. The van der Waals surface area contributed by atoms with Gasteiger partial charge in [-0.3, -0.25) is 14.5 Å². The van der Waals surface area contributed by atoms with Crippen molar-refractivity contribution in [2.75, 3.05) is 30.4 Å². The highest BCUT2D eigenvalue weighted by Gasteiger charge is 2.26. The molecule has 1 aliphatic heterocycles. The molecule has 0 bridgehead atoms. The summed E-state index contributed by atoms with van der Waals surface area (Å²) in [7, 11) is 1.58. The predicted octanol–water partition coefficient (Wildman–Crippen LogP) is 1.36. The van der Waals surface area contributed by atoms with Crippen LogP contribution >= 0.6 is 0 Å². The van der Waals surface area contributed by atoms with Gasteiger partial charge in [0.1, 0.15) is 18.1 Å². The maximum atomic E-state index is 12.1. The number of fused-ring (bicyclic) bond motifs is 1. The van der Waals surface area contributed by atoms with E-state index in [1.807, 2.05) is 0 Å². The van der Waals surface area contributed by atoms with Crippen molar-refractivity contribution in [2.45, 2.75) is 6.54 Å². The summed E-state index contributed by atoms with van der Waals surface area (Å²) in [6.07, 6.45) is 1.55. The number of nitrogens with one attached hydrogen (secondary N) is 2. The Bertz CT molecular complexity index is 712. The fourth-order valence-electron chi connectivity index (χ4n) is 2.39. The van der Waals surface area contributed by atoms with Crippen molar-refractivity contribution in [2.24, 2.45) is 0 Å². The molecule has 3 rings (SSSR count). The third kappa shape index (κ3) is 3.28. The number of furan rings is 1. The molecule has 0 unspecified atom stereocenters. The predicted molar refractivity (Wildman–Crippen MR) is 84.4 cm³/mol. The van der Waals surface area contributed by atoms with Gasteiger partial charge >= 0.3 is 0 Å². The minimum Gasteiger partial charge on any atom is -0.497 e. The van der Waals surface area contributed by atoms with Gasteiger partial charge in [-0.1, -0.05) is 0 Å². The molecule has 0 saturated heterocycles. The molecule has 7 heteroatoms. The molecule has 7 nitrogen and oxygen atoms in total. The van der Waals surface area contributed by atoms with E-state index in [-0.39, 0.29) is 24.9 Å². The molecule has 2 N–H and O–H groups in total. The summed E-state index contributed by atoms with van der Waals surface area (Å²) in [6, 6.07) is 8.85. The van der Waals surface area contributed by atoms with E-state index in [1.54, 1.807) is 43.7 Å². The van der Waals surface area contributed by atoms with E-state index in [4.69, 9.17) is 9.15 Å². The first kappa shape index (κ1) is 15.0. The maximum Gasteiger partial charge on any atom is 0.246 e. The molecule has 120 valence electrons. The highest BCUT2D eigenvalue weighted by molar-refractivity contribution is 6.06. The van der Waals surface area contributed by atoms with E-state index >= 15 is 0 Å². The topological polar surface area (TPSA) is 83.8 Å². The lowest BCUT2D eigenvalue weighted by atomic mass is 10.2. The third-order valence-electron chi connectivity index (χ3n) is 3.57. The van der Waals surface area contributed by atoms with Crippen LogP contribution in [0.5, 0.6) is 5.75 Å². The average molecular weight is 315 g/mol. The zero-order valence-electron chi connectivity index (χ0n) is 12.7. The molecule has 1 aliphatic rings. The number of anilines is 2. The molecule has 2 aromatic rings. The van der Waals surface area contributed by atoms with Crippen molar-refractivity contribution in [3.63, 3.8) is 0 Å². The van der Waals surface area contributed by atoms with Gasteiger partial charge < -0.3 is 19.8 Å². The summed E-state index contributed by atoms with van der Waals surface area (Å²) in [5, 5.41) is 5.76. The Hall–Kier alpha value is -2.96. The minimum atomic E-state index is -0.251. The van der Waals surface area contributed by atoms with E-state index < -0.39 is 0 Å². The fraction of sp³-hybridized carbons (Fsp3) is 0.250. The molecule has 0 atom stereocenters. The van der Waals surface area contributed by atoms with E-state index in [9.17, 15) is 9.59 Å². The Morgan fingerprint density at radius 1 is 1.43 bits per heavy atom. The van der Waals surface area contributed by atoms with Crippen LogP contribution in [0.1, 0.15) is 5.76 Å². The van der Waals surface area contributed by atoms with E-state index in [0.29, 0.717) is 23.7 Å². The smallest absolute Gasteiger partial charge is 0.246 e. The number of ether oxygens (including phenoxy) is 1. The second-order valence-electron chi connectivity index (χ2n) is 5.07. The lowest BCUT2D eigenvalue weighted by molar-refractivity contribution is -0.123. The standard InChI is InChI=1S/C16H17N3O4/c1-22-11-4-5-14-13(7-11)17-9-16(21)19(14)10-15(20)18-8-12-3-2-6-23-12/h2-7,17H,8-10H2,1H3,(H,18,20). The second kappa shape index (κ2) is 6.43. The summed E-state index contributed by atoms with van der Waals surface area (Å²) in [5.74, 6) is 0.942. The van der Waals surface area contributed by atoms with Crippen LogP contribution in [-0.4, -0.2) is 32.0 Å². The van der Waals surface area contributed by atoms with Crippen molar-refractivity contribution < 1.29 is 18.7 Å². The SMILES string of the molecule is COc1ccc2c(c1)NCC(=O)N2CC(=O)NCc1ccco1. The lowest BCUT2D eigenvalue weighted by Gasteiger charge is -2.29. The second-order valence-corrected chi connectivity index (χ2v) is 5.07. The zero-order valence-corrected chi connectivity index (χ0v) is 12.7. The van der Waals surface area contributed by atoms with Crippen molar-refractivity contribution in [1.29, 1.82) is 0 Å². The first-order chi connectivity index (χ1) is 11.2. The van der Waals surface area contributed by atoms with Crippen LogP contribution in [0.4, 0.5) is 11.4 Å². The van der Waals surface area contributed by atoms with Gasteiger partial charge in [0.2, 0.25) is 11.8 Å². The molecule has 0 spiro atoms. The Labute approximate surface area is 133 Å². The van der Waals surface area contributed by atoms with Crippen LogP contribution in [0.15, 0.2) is 41.0 Å². The van der Waals surface area contributed by atoms with E-state index in [0.717, 1.165) is 5.69 Å². The molecule has 23 heavy (non-hydrogen) atoms. The van der Waals surface area contributed by atoms with E-state index in [1.165, 1.54) is 4.90 Å². The van der Waals surface area contributed by atoms with Crippen LogP contribution in [0.25, 0.3) is 0 Å². The number of amides is 2. The van der Waals surface area contributed by atoms with Gasteiger partial charge in [-0.2, -0.15) is 0 Å². The number of methoxy groups -OCH3 is 1. The quantitative estimate of drug-likeness (QED) is 0.870. The Kier molecular flexibility index (Phi) is 4.18. The minimum absolute atomic E-state index is 0.0411. The molecule has 0 aliphatic carbocycles. The third-order valence-corrected chi connectivity index (χ3v) is 3.57. The Balaban J connectivity index is 1.69. The van der Waals surface area contributed by atoms with Gasteiger partial charge in [0.05, 0.1) is 37.8 Å². The van der Waals surface area contributed by atoms with Gasteiger partial charge in [-0.15, -0.1) is 0 Å². The molecular weight excluding hydrogens is 298 g/mol. The first-order valence-corrected chi connectivity index (χ1v) is 7.19. The summed E-state index contributed by atoms with van der Waals surface area (Å²) < 4.78 is 10.3. The van der Waals surface area contributed by atoms with Crippen LogP contribution in [0.2, 0.25) is 0 Å². The monoisotopic (exact) mass is 315 g/mol. The van der Waals surface area contributed by atoms with Crippen molar-refractivity contribution in [3.8, 4) is 5.75 Å². The van der Waals surface area contributed by atoms with Crippen LogP contribution in [0.3, 0.4) is 0 Å². The summed E-state index contributed by atoms with van der Waals surface area (Å²) in [6.45, 7) is 0.397. The number of benzene rings is 1. The van der Waals surface area contributed by atoms with Crippen molar-refractivity contribution in [1.82, 2.24) is 5.32 Å². The van der Waals surface area contributed by atoms with Crippen LogP contribution < -0.4 is 20.3 Å². The Morgan fingerprint density at radius 2 is 2.30 bits per heavy atom. The van der Waals surface area contributed by atoms with Crippen molar-refractivity contribution in [3.05, 3.63) is 42.4 Å². The number of nitrogens with zero attached hydrogens (tertiary/aromatic N) is 1. The number of hydrogen-bond donors (Lipinski definition) is 2. The van der Waals surface area contributed by atoms with Crippen molar-refractivity contribution >= 4 is 23.2 Å². The van der Waals surface area contributed by atoms with Crippen LogP contribution in [-0.2, 0) is 16.1 Å². The molecule has 0 fully saturated rings. The summed E-state index contributed by atoms with van der Waals surface area (Å²) in [5.41, 5.74) is 1.43. The van der Waals surface area contributed by atoms with E-state index in [2.05, 4.69) is 10.6 Å². The molecule has 2 amide bonds. The van der Waals surface area contributed by atoms with Gasteiger partial charge in [0, 0.05) is 6.07 Å². The molecule has 1 aromatic carbocycles. The number of carbonyl (C=O) groups is 2. The zero-order chi connectivity index (χ0) is 16.2. The highest BCUT2D eigenvalue weighted by atomic mass is 16.5. The lowest BCUT2D eigenvalue weighted by Crippen LogP contribution is -2.45. The van der Waals surface area contributed by atoms with Gasteiger partial charge in [-0.05, 0) is 24.3 Å². The van der Waals surface area contributed by atoms with Gasteiger partial charge in [-0.25, -0.2) is 0 Å². The molecule has 0 radical (unpaired) electrons. The van der Waals surface area contributed by atoms with Crippen LogP contribution in [0, 0.1) is 0 Å². The number of hydrogen-bond acceptors (Lipinski definition) is 5. The molecular formula is C16H17N3O4. The molecule has 0 saturated carbocycles. The Morgan fingerprint density at radius 3 is 3.04 bits per heavy atom. The molecule has 1 aromatic heterocycles. The average Bonchev–Trinajstić information content (AvgIpc) is 3.08. The number of carbonyl (C=O) groups excluding carboxylic acids is 2. The molecule has 2 heterocycles. The number of rotatable bonds is 5. The highest BCUT2D eigenvalue weighted by Crippen LogP contribution is 2.32. The summed E-state index contributed by atoms with van der Waals surface area (Å²) >= 11 is 0. The summed E-state index contributed by atoms with van der Waals surface area (Å²) in [4.78, 5) is 25.7.